The van der Waals surface area contributed by atoms with E-state index in [0.29, 0.717) is 12.3 Å². The van der Waals surface area contributed by atoms with Crippen molar-refractivity contribution in [1.82, 2.24) is 10.3 Å². The van der Waals surface area contributed by atoms with E-state index in [0.717, 1.165) is 33.9 Å². The fraction of sp³-hybridized carbons (Fsp3) is 0.0833. The molecule has 2 N–H and O–H groups in total. The first-order valence-corrected chi connectivity index (χ1v) is 9.49. The van der Waals surface area contributed by atoms with Gasteiger partial charge in [-0.2, -0.15) is 0 Å². The average molecular weight is 399 g/mol. The molecule has 150 valence electrons. The number of hydrogen-bond acceptors (Lipinski definition) is 5. The molecule has 0 bridgehead atoms. The number of pyridine rings is 1. The highest BCUT2D eigenvalue weighted by Gasteiger charge is 2.08. The number of benzene rings is 2. The third-order valence-electron chi connectivity index (χ3n) is 4.56. The normalized spacial score (nSPS) is 10.4. The van der Waals surface area contributed by atoms with E-state index in [9.17, 15) is 4.79 Å². The zero-order chi connectivity index (χ0) is 20.8. The van der Waals surface area contributed by atoms with Gasteiger partial charge in [0.2, 0.25) is 0 Å². The first-order valence-electron chi connectivity index (χ1n) is 9.49. The molecule has 0 aliphatic heterocycles. The van der Waals surface area contributed by atoms with Gasteiger partial charge in [-0.3, -0.25) is 4.79 Å². The van der Waals surface area contributed by atoms with Crippen LogP contribution in [-0.2, 0) is 6.54 Å². The number of furan rings is 1. The van der Waals surface area contributed by atoms with Crippen LogP contribution in [0.2, 0.25) is 0 Å². The number of anilines is 2. The molecule has 6 heteroatoms. The smallest absolute Gasteiger partial charge is 0.287 e. The van der Waals surface area contributed by atoms with Crippen molar-refractivity contribution in [3.8, 4) is 16.9 Å². The Bertz CT molecular complexity index is 1140. The van der Waals surface area contributed by atoms with Crippen molar-refractivity contribution >= 4 is 17.4 Å². The number of methoxy groups -OCH3 is 1. The van der Waals surface area contributed by atoms with Crippen molar-refractivity contribution in [2.24, 2.45) is 0 Å². The lowest BCUT2D eigenvalue weighted by molar-refractivity contribution is 0.0923. The molecule has 0 aliphatic carbocycles. The molecule has 4 rings (SSSR count). The van der Waals surface area contributed by atoms with Crippen LogP contribution in [0.3, 0.4) is 0 Å². The number of nitrogens with zero attached hydrogens (tertiary/aromatic N) is 1. The lowest BCUT2D eigenvalue weighted by Crippen LogP contribution is -2.22. The third kappa shape index (κ3) is 4.67. The van der Waals surface area contributed by atoms with Gasteiger partial charge in [0.1, 0.15) is 11.6 Å². The maximum absolute atomic E-state index is 12.1. The molecule has 4 aromatic rings. The largest absolute Gasteiger partial charge is 0.497 e. The molecule has 1 amide bonds. The fourth-order valence-electron chi connectivity index (χ4n) is 3.07. The summed E-state index contributed by atoms with van der Waals surface area (Å²) in [7, 11) is 1.64. The van der Waals surface area contributed by atoms with Gasteiger partial charge in [0.25, 0.3) is 5.91 Å². The van der Waals surface area contributed by atoms with Gasteiger partial charge in [0.15, 0.2) is 5.76 Å². The number of amides is 1. The van der Waals surface area contributed by atoms with Crippen LogP contribution in [0, 0.1) is 0 Å². The van der Waals surface area contributed by atoms with Gasteiger partial charge < -0.3 is 19.8 Å². The number of hydrogen-bond donors (Lipinski definition) is 2. The Labute approximate surface area is 174 Å². The Hall–Kier alpha value is -4.06. The Balaban J connectivity index is 1.48. The third-order valence-corrected chi connectivity index (χ3v) is 4.56. The van der Waals surface area contributed by atoms with E-state index >= 15 is 0 Å². The molecule has 0 atom stereocenters. The lowest BCUT2D eigenvalue weighted by Gasteiger charge is -2.10. The van der Waals surface area contributed by atoms with Crippen LogP contribution in [0.5, 0.6) is 5.75 Å². The number of rotatable bonds is 7. The van der Waals surface area contributed by atoms with Crippen molar-refractivity contribution in [3.63, 3.8) is 0 Å². The van der Waals surface area contributed by atoms with Gasteiger partial charge in [-0.25, -0.2) is 4.98 Å². The highest BCUT2D eigenvalue weighted by atomic mass is 16.5. The Morgan fingerprint density at radius 2 is 1.87 bits per heavy atom. The minimum atomic E-state index is -0.237. The van der Waals surface area contributed by atoms with Gasteiger partial charge in [0, 0.05) is 24.5 Å². The summed E-state index contributed by atoms with van der Waals surface area (Å²) in [5, 5.41) is 6.17. The van der Waals surface area contributed by atoms with Gasteiger partial charge >= 0.3 is 0 Å². The van der Waals surface area contributed by atoms with Crippen LogP contribution in [0.4, 0.5) is 11.5 Å². The quantitative estimate of drug-likeness (QED) is 0.456. The summed E-state index contributed by atoms with van der Waals surface area (Å²) in [4.78, 5) is 16.5. The maximum atomic E-state index is 12.1. The molecular formula is C24H21N3O3. The summed E-state index contributed by atoms with van der Waals surface area (Å²) in [5.41, 5.74) is 3.95. The summed E-state index contributed by atoms with van der Waals surface area (Å²) in [5.74, 6) is 1.57. The van der Waals surface area contributed by atoms with Crippen LogP contribution in [0.15, 0.2) is 89.7 Å². The summed E-state index contributed by atoms with van der Waals surface area (Å²) in [6.45, 7) is 0.410. The number of carbonyl (C=O) groups is 1. The summed E-state index contributed by atoms with van der Waals surface area (Å²) >= 11 is 0. The monoisotopic (exact) mass is 399 g/mol. The van der Waals surface area contributed by atoms with Crippen molar-refractivity contribution in [2.45, 2.75) is 6.54 Å². The Kier molecular flexibility index (Phi) is 5.75. The summed E-state index contributed by atoms with van der Waals surface area (Å²) < 4.78 is 10.4. The van der Waals surface area contributed by atoms with Crippen molar-refractivity contribution in [2.75, 3.05) is 12.4 Å². The molecule has 0 fully saturated rings. The molecule has 2 aromatic carbocycles. The number of nitrogens with one attached hydrogen (secondary N) is 2. The molecule has 2 heterocycles. The van der Waals surface area contributed by atoms with Crippen LogP contribution in [-0.4, -0.2) is 18.0 Å². The van der Waals surface area contributed by atoms with E-state index in [1.165, 1.54) is 6.26 Å². The van der Waals surface area contributed by atoms with Gasteiger partial charge in [-0.1, -0.05) is 24.3 Å². The predicted octanol–water partition coefficient (Wildman–Crippen LogP) is 5.02. The van der Waals surface area contributed by atoms with E-state index < -0.39 is 0 Å². The Morgan fingerprint density at radius 1 is 1.00 bits per heavy atom. The van der Waals surface area contributed by atoms with Crippen LogP contribution in [0.1, 0.15) is 16.1 Å². The van der Waals surface area contributed by atoms with Crippen molar-refractivity contribution < 1.29 is 13.9 Å². The van der Waals surface area contributed by atoms with Gasteiger partial charge in [0.05, 0.1) is 13.4 Å². The zero-order valence-corrected chi connectivity index (χ0v) is 16.5. The van der Waals surface area contributed by atoms with E-state index in [1.807, 2.05) is 60.7 Å². The molecule has 0 spiro atoms. The standard InChI is InChI=1S/C24H21N3O3/c1-29-21-8-3-7-20(15-21)27-23-14-19(10-11-25-23)18-6-2-5-17(13-18)16-26-24(28)22-9-4-12-30-22/h2-15H,16H2,1H3,(H,25,27)(H,26,28). The number of ether oxygens (including phenoxy) is 1. The van der Waals surface area contributed by atoms with Crippen LogP contribution >= 0.6 is 0 Å². The van der Waals surface area contributed by atoms with E-state index in [2.05, 4.69) is 15.6 Å². The first-order chi connectivity index (χ1) is 14.7. The SMILES string of the molecule is COc1cccc(Nc2cc(-c3cccc(CNC(=O)c4ccco4)c3)ccn2)c1. The second-order valence-electron chi connectivity index (χ2n) is 6.65. The second-order valence-corrected chi connectivity index (χ2v) is 6.65. The molecular weight excluding hydrogens is 378 g/mol. The van der Waals surface area contributed by atoms with Crippen LogP contribution in [0.25, 0.3) is 11.1 Å². The fourth-order valence-corrected chi connectivity index (χ4v) is 3.07. The second kappa shape index (κ2) is 8.96. The number of carbonyl (C=O) groups excluding carboxylic acids is 1. The first kappa shape index (κ1) is 19.3. The predicted molar refractivity (Wildman–Crippen MR) is 116 cm³/mol. The van der Waals surface area contributed by atoms with Gasteiger partial charge in [-0.15, -0.1) is 0 Å². The Morgan fingerprint density at radius 3 is 2.70 bits per heavy atom. The molecule has 0 saturated heterocycles. The molecule has 2 aromatic heterocycles. The molecule has 30 heavy (non-hydrogen) atoms. The van der Waals surface area contributed by atoms with E-state index in [4.69, 9.17) is 9.15 Å². The van der Waals surface area contributed by atoms with Crippen molar-refractivity contribution in [1.29, 1.82) is 0 Å². The average Bonchev–Trinajstić information content (AvgIpc) is 3.33. The molecule has 0 saturated carbocycles. The zero-order valence-electron chi connectivity index (χ0n) is 16.5. The minimum Gasteiger partial charge on any atom is -0.497 e. The van der Waals surface area contributed by atoms with E-state index in [-0.39, 0.29) is 5.91 Å². The molecule has 0 aliphatic rings. The van der Waals surface area contributed by atoms with Crippen molar-refractivity contribution in [3.05, 3.63) is 96.6 Å². The lowest BCUT2D eigenvalue weighted by atomic mass is 10.0. The summed E-state index contributed by atoms with van der Waals surface area (Å²) in [6, 6.07) is 23.0. The number of aromatic nitrogens is 1. The summed E-state index contributed by atoms with van der Waals surface area (Å²) in [6.07, 6.45) is 3.25. The topological polar surface area (TPSA) is 76.4 Å². The highest BCUT2D eigenvalue weighted by Crippen LogP contribution is 2.25. The highest BCUT2D eigenvalue weighted by molar-refractivity contribution is 5.91. The van der Waals surface area contributed by atoms with E-state index in [1.54, 1.807) is 25.4 Å². The molecule has 0 radical (unpaired) electrons. The maximum Gasteiger partial charge on any atom is 0.287 e. The van der Waals surface area contributed by atoms with Crippen LogP contribution < -0.4 is 15.4 Å². The van der Waals surface area contributed by atoms with Gasteiger partial charge in [-0.05, 0) is 59.2 Å². The molecule has 6 nitrogen and oxygen atoms in total. The minimum absolute atomic E-state index is 0.237. The molecule has 0 unspecified atom stereocenters.